The van der Waals surface area contributed by atoms with Crippen LogP contribution in [0.25, 0.3) is 0 Å². The fourth-order valence-corrected chi connectivity index (χ4v) is 5.31. The summed E-state index contributed by atoms with van der Waals surface area (Å²) in [4.78, 5) is 11.4. The van der Waals surface area contributed by atoms with Gasteiger partial charge in [0.1, 0.15) is 18.0 Å². The summed E-state index contributed by atoms with van der Waals surface area (Å²) < 4.78 is 30.3. The highest BCUT2D eigenvalue weighted by Gasteiger charge is 2.35. The fraction of sp³-hybridized carbons (Fsp3) is 0.632. The molecule has 1 saturated heterocycles. The van der Waals surface area contributed by atoms with Gasteiger partial charge < -0.3 is 15.7 Å². The van der Waals surface area contributed by atoms with Gasteiger partial charge >= 0.3 is 0 Å². The number of halogens is 1. The summed E-state index contributed by atoms with van der Waals surface area (Å²) in [5.41, 5.74) is 0.831. The summed E-state index contributed by atoms with van der Waals surface area (Å²) in [6, 6.07) is 1.48. The van der Waals surface area contributed by atoms with Gasteiger partial charge in [0.25, 0.3) is 5.91 Å². The van der Waals surface area contributed by atoms with Crippen LogP contribution in [0.5, 0.6) is 5.75 Å². The van der Waals surface area contributed by atoms with Crippen molar-refractivity contribution in [2.75, 3.05) is 29.3 Å². The SMILES string of the molecule is CC(C)C1CC(CNCC2Cc3c(cc(O)c(N4CC(=O)NS4=O)c3F)N2)C1. The molecule has 0 bridgehead atoms. The summed E-state index contributed by atoms with van der Waals surface area (Å²) in [5, 5.41) is 17.0. The van der Waals surface area contributed by atoms with Crippen molar-refractivity contribution in [3.8, 4) is 5.75 Å². The average molecular weight is 411 g/mol. The minimum Gasteiger partial charge on any atom is -0.506 e. The number of nitrogens with zero attached hydrogens (tertiary/aromatic N) is 1. The van der Waals surface area contributed by atoms with Crippen LogP contribution in [0.15, 0.2) is 6.07 Å². The summed E-state index contributed by atoms with van der Waals surface area (Å²) in [6.07, 6.45) is 3.02. The molecular formula is C19H27FN4O3S. The van der Waals surface area contributed by atoms with E-state index >= 15 is 4.39 Å². The van der Waals surface area contributed by atoms with Gasteiger partial charge in [-0.25, -0.2) is 8.60 Å². The van der Waals surface area contributed by atoms with E-state index in [1.165, 1.54) is 18.9 Å². The second kappa shape index (κ2) is 7.51. The first kappa shape index (κ1) is 19.4. The van der Waals surface area contributed by atoms with E-state index < -0.39 is 22.9 Å². The van der Waals surface area contributed by atoms with Crippen molar-refractivity contribution in [2.45, 2.75) is 39.2 Å². The van der Waals surface area contributed by atoms with Gasteiger partial charge in [-0.15, -0.1) is 0 Å². The molecule has 0 aromatic heterocycles. The van der Waals surface area contributed by atoms with Crippen LogP contribution in [0, 0.1) is 23.6 Å². The lowest BCUT2D eigenvalue weighted by Gasteiger charge is -2.38. The van der Waals surface area contributed by atoms with Crippen molar-refractivity contribution in [2.24, 2.45) is 17.8 Å². The molecular weight excluding hydrogens is 383 g/mol. The van der Waals surface area contributed by atoms with E-state index in [9.17, 15) is 14.1 Å². The van der Waals surface area contributed by atoms with Crippen LogP contribution in [0.1, 0.15) is 32.3 Å². The molecule has 1 aromatic rings. The summed E-state index contributed by atoms with van der Waals surface area (Å²) >= 11 is -1.88. The molecule has 2 heterocycles. The Morgan fingerprint density at radius 2 is 2.14 bits per heavy atom. The zero-order valence-corrected chi connectivity index (χ0v) is 16.9. The highest BCUT2D eigenvalue weighted by molar-refractivity contribution is 7.85. The average Bonchev–Trinajstić information content (AvgIpc) is 3.12. The zero-order chi connectivity index (χ0) is 20.0. The van der Waals surface area contributed by atoms with Gasteiger partial charge in [-0.2, -0.15) is 0 Å². The Morgan fingerprint density at radius 1 is 1.39 bits per heavy atom. The molecule has 2 aliphatic heterocycles. The molecule has 2 fully saturated rings. The van der Waals surface area contributed by atoms with Crippen LogP contribution in [0.2, 0.25) is 0 Å². The quantitative estimate of drug-likeness (QED) is 0.572. The van der Waals surface area contributed by atoms with E-state index in [0.717, 1.165) is 28.6 Å². The van der Waals surface area contributed by atoms with Gasteiger partial charge in [0.2, 0.25) is 11.2 Å². The number of nitrogens with one attached hydrogen (secondary N) is 3. The van der Waals surface area contributed by atoms with Crippen molar-refractivity contribution < 1.29 is 18.5 Å². The Balaban J connectivity index is 1.37. The number of amides is 1. The second-order valence-corrected chi connectivity index (χ2v) is 9.58. The molecule has 1 saturated carbocycles. The molecule has 4 rings (SSSR count). The maximum atomic E-state index is 15.1. The molecule has 4 N–H and O–H groups in total. The first-order valence-corrected chi connectivity index (χ1v) is 10.9. The van der Waals surface area contributed by atoms with E-state index in [-0.39, 0.29) is 24.0 Å². The smallest absolute Gasteiger partial charge is 0.253 e. The second-order valence-electron chi connectivity index (χ2n) is 8.44. The highest BCUT2D eigenvalue weighted by Crippen LogP contribution is 2.42. The third-order valence-electron chi connectivity index (χ3n) is 6.11. The lowest BCUT2D eigenvalue weighted by atomic mass is 9.69. The Hall–Kier alpha value is -1.87. The van der Waals surface area contributed by atoms with Crippen LogP contribution in [0.3, 0.4) is 0 Å². The van der Waals surface area contributed by atoms with Crippen molar-refractivity contribution in [1.29, 1.82) is 0 Å². The number of hydrogen-bond acceptors (Lipinski definition) is 5. The van der Waals surface area contributed by atoms with Gasteiger partial charge in [0.15, 0.2) is 5.82 Å². The minimum absolute atomic E-state index is 0.0314. The standard InChI is InChI=1S/C19H27FN4O3S/c1-10(2)12-3-11(4-12)7-21-8-13-5-14-15(22-13)6-16(25)19(18(14)20)24-9-17(26)23-28(24)27/h6,10-13,21-22,25H,3-5,7-9H2,1-2H3,(H,23,26). The van der Waals surface area contributed by atoms with Gasteiger partial charge in [0, 0.05) is 29.9 Å². The lowest BCUT2D eigenvalue weighted by molar-refractivity contribution is -0.117. The van der Waals surface area contributed by atoms with Crippen molar-refractivity contribution in [3.05, 3.63) is 17.4 Å². The lowest BCUT2D eigenvalue weighted by Crippen LogP contribution is -2.39. The van der Waals surface area contributed by atoms with Gasteiger partial charge in [-0.05, 0) is 43.6 Å². The Bertz CT molecular complexity index is 813. The minimum atomic E-state index is -1.88. The largest absolute Gasteiger partial charge is 0.506 e. The van der Waals surface area contributed by atoms with Gasteiger partial charge in [-0.1, -0.05) is 13.8 Å². The molecule has 9 heteroatoms. The topological polar surface area (TPSA) is 93.7 Å². The summed E-state index contributed by atoms with van der Waals surface area (Å²) in [5.74, 6) is 0.911. The molecule has 7 nitrogen and oxygen atoms in total. The first-order chi connectivity index (χ1) is 13.3. The number of carbonyl (C=O) groups excluding carboxylic acids is 1. The predicted octanol–water partition coefficient (Wildman–Crippen LogP) is 1.65. The zero-order valence-electron chi connectivity index (χ0n) is 16.1. The molecule has 1 aliphatic carbocycles. The van der Waals surface area contributed by atoms with E-state index in [2.05, 4.69) is 29.2 Å². The maximum Gasteiger partial charge on any atom is 0.253 e. The van der Waals surface area contributed by atoms with Gasteiger partial charge in [0.05, 0.1) is 0 Å². The Kier molecular flexibility index (Phi) is 5.22. The molecule has 3 aliphatic rings. The van der Waals surface area contributed by atoms with Crippen molar-refractivity contribution in [1.82, 2.24) is 10.0 Å². The number of hydrogen-bond donors (Lipinski definition) is 4. The van der Waals surface area contributed by atoms with Crippen LogP contribution in [-0.2, 0) is 22.4 Å². The molecule has 0 radical (unpaired) electrons. The number of benzene rings is 1. The number of phenols is 1. The molecule has 0 spiro atoms. The van der Waals surface area contributed by atoms with E-state index in [4.69, 9.17) is 0 Å². The highest BCUT2D eigenvalue weighted by atomic mass is 32.2. The molecule has 1 aromatic carbocycles. The van der Waals surface area contributed by atoms with Crippen molar-refractivity contribution >= 4 is 28.5 Å². The van der Waals surface area contributed by atoms with Crippen LogP contribution >= 0.6 is 0 Å². The Morgan fingerprint density at radius 3 is 2.79 bits per heavy atom. The Labute approximate surface area is 166 Å². The monoisotopic (exact) mass is 410 g/mol. The third kappa shape index (κ3) is 3.57. The molecule has 1 amide bonds. The van der Waals surface area contributed by atoms with Crippen LogP contribution < -0.4 is 19.7 Å². The number of anilines is 2. The first-order valence-electron chi connectivity index (χ1n) is 9.84. The summed E-state index contributed by atoms with van der Waals surface area (Å²) in [6.45, 7) is 5.98. The molecule has 28 heavy (non-hydrogen) atoms. The number of rotatable bonds is 6. The summed E-state index contributed by atoms with van der Waals surface area (Å²) in [7, 11) is 0. The maximum absolute atomic E-state index is 15.1. The van der Waals surface area contributed by atoms with E-state index in [1.807, 2.05) is 0 Å². The third-order valence-corrected chi connectivity index (χ3v) is 7.22. The van der Waals surface area contributed by atoms with Crippen LogP contribution in [-0.4, -0.2) is 40.9 Å². The van der Waals surface area contributed by atoms with Crippen LogP contribution in [0.4, 0.5) is 15.8 Å². The molecule has 2 unspecified atom stereocenters. The fourth-order valence-electron chi connectivity index (χ4n) is 4.37. The normalized spacial score (nSPS) is 28.9. The number of carbonyl (C=O) groups is 1. The van der Waals surface area contributed by atoms with Crippen molar-refractivity contribution in [3.63, 3.8) is 0 Å². The number of fused-ring (bicyclic) bond motifs is 1. The van der Waals surface area contributed by atoms with E-state index in [1.54, 1.807) is 0 Å². The molecule has 2 atom stereocenters. The van der Waals surface area contributed by atoms with E-state index in [0.29, 0.717) is 24.2 Å². The van der Waals surface area contributed by atoms with Gasteiger partial charge in [-0.3, -0.25) is 13.8 Å². The molecule has 154 valence electrons. The number of aromatic hydroxyl groups is 1. The predicted molar refractivity (Wildman–Crippen MR) is 107 cm³/mol. The number of phenolic OH excluding ortho intramolecular Hbond substituents is 1.